The first-order chi connectivity index (χ1) is 12.0. The zero-order valence-electron chi connectivity index (χ0n) is 13.1. The number of fused-ring (bicyclic) bond motifs is 1. The fourth-order valence-electron chi connectivity index (χ4n) is 2.60. The van der Waals surface area contributed by atoms with Gasteiger partial charge in [-0.05, 0) is 5.53 Å². The number of nitrogen functional groups attached to an aromatic ring is 1. The fraction of sp³-hybridized carbons (Fsp3) is 0.462. The van der Waals surface area contributed by atoms with Gasteiger partial charge in [-0.2, -0.15) is 9.97 Å². The molecule has 3 heterocycles. The Morgan fingerprint density at radius 2 is 2.44 bits per heavy atom. The molecule has 12 heteroatoms. The standard InChI is InChI=1S/C13H16N8O4/c1-2-3-24-11-9-10(17-12(14)18-11)21(6-16-9)8-4-7(23)13(5-22,25-8)19-20-15/h2,6-8,22-23H,1,3-5H2,(H2,14,17,18)/t7-,8+,13+/m0/s1. The SMILES string of the molecule is C=CCOc1nc(N)nc2c1ncn2[C@H]1C[C@H](O)[C@](CO)(N=[N+]=[N-])O1. The van der Waals surface area contributed by atoms with E-state index in [1.807, 2.05) is 0 Å². The van der Waals surface area contributed by atoms with Crippen molar-refractivity contribution in [2.24, 2.45) is 5.11 Å². The maximum atomic E-state index is 10.2. The number of nitrogens with zero attached hydrogens (tertiary/aromatic N) is 7. The summed E-state index contributed by atoms with van der Waals surface area (Å²) >= 11 is 0. The van der Waals surface area contributed by atoms with E-state index in [1.54, 1.807) is 6.08 Å². The molecule has 25 heavy (non-hydrogen) atoms. The molecule has 12 nitrogen and oxygen atoms in total. The van der Waals surface area contributed by atoms with E-state index in [0.29, 0.717) is 11.2 Å². The van der Waals surface area contributed by atoms with Gasteiger partial charge in [0.15, 0.2) is 16.9 Å². The van der Waals surface area contributed by atoms with Gasteiger partial charge in [-0.3, -0.25) is 4.57 Å². The summed E-state index contributed by atoms with van der Waals surface area (Å²) in [6.45, 7) is 3.10. The van der Waals surface area contributed by atoms with Gasteiger partial charge in [0.25, 0.3) is 0 Å². The van der Waals surface area contributed by atoms with Gasteiger partial charge in [-0.15, -0.1) is 0 Å². The number of aliphatic hydroxyl groups excluding tert-OH is 2. The molecule has 0 amide bonds. The predicted octanol–water partition coefficient (Wildman–Crippen LogP) is 0.252. The summed E-state index contributed by atoms with van der Waals surface area (Å²) in [5, 5.41) is 23.0. The lowest BCUT2D eigenvalue weighted by Gasteiger charge is -2.24. The number of ether oxygens (including phenoxy) is 2. The lowest BCUT2D eigenvalue weighted by atomic mass is 10.1. The van der Waals surface area contributed by atoms with E-state index in [9.17, 15) is 10.2 Å². The highest BCUT2D eigenvalue weighted by Gasteiger charge is 2.48. The number of hydrogen-bond acceptors (Lipinski definition) is 9. The Labute approximate surface area is 141 Å². The monoisotopic (exact) mass is 348 g/mol. The van der Waals surface area contributed by atoms with Crippen LogP contribution < -0.4 is 10.5 Å². The third-order valence-corrected chi connectivity index (χ3v) is 3.78. The molecule has 0 spiro atoms. The molecule has 0 aliphatic carbocycles. The molecule has 3 rings (SSSR count). The van der Waals surface area contributed by atoms with Crippen molar-refractivity contribution >= 4 is 17.1 Å². The average Bonchev–Trinajstić information content (AvgIpc) is 3.15. The van der Waals surface area contributed by atoms with Gasteiger partial charge in [0.1, 0.15) is 12.8 Å². The van der Waals surface area contributed by atoms with Crippen molar-refractivity contribution < 1.29 is 19.7 Å². The molecule has 2 aromatic heterocycles. The summed E-state index contributed by atoms with van der Waals surface area (Å²) in [4.78, 5) is 14.9. The number of nitrogens with two attached hydrogens (primary N) is 1. The normalized spacial score (nSPS) is 25.7. The second-order valence-corrected chi connectivity index (χ2v) is 5.33. The Morgan fingerprint density at radius 1 is 1.64 bits per heavy atom. The average molecular weight is 348 g/mol. The molecule has 1 aliphatic rings. The van der Waals surface area contributed by atoms with Crippen molar-refractivity contribution in [3.63, 3.8) is 0 Å². The van der Waals surface area contributed by atoms with Crippen molar-refractivity contribution in [2.45, 2.75) is 24.5 Å². The van der Waals surface area contributed by atoms with E-state index < -0.39 is 24.7 Å². The van der Waals surface area contributed by atoms with E-state index in [4.69, 9.17) is 20.7 Å². The van der Waals surface area contributed by atoms with E-state index in [2.05, 4.69) is 31.6 Å². The van der Waals surface area contributed by atoms with Crippen molar-refractivity contribution in [1.29, 1.82) is 0 Å². The van der Waals surface area contributed by atoms with Crippen LogP contribution >= 0.6 is 0 Å². The minimum absolute atomic E-state index is 0.0321. The fourth-order valence-corrected chi connectivity index (χ4v) is 2.60. The topological polar surface area (TPSA) is 177 Å². The first-order valence-corrected chi connectivity index (χ1v) is 7.31. The Bertz CT molecular complexity index is 848. The number of imidazole rings is 1. The van der Waals surface area contributed by atoms with Crippen LogP contribution in [0.5, 0.6) is 5.88 Å². The number of aromatic nitrogens is 4. The first kappa shape index (κ1) is 16.9. The third-order valence-electron chi connectivity index (χ3n) is 3.78. The molecule has 3 atom stereocenters. The number of anilines is 1. The number of rotatable bonds is 6. The molecule has 4 N–H and O–H groups in total. The molecule has 0 radical (unpaired) electrons. The molecule has 0 aromatic carbocycles. The van der Waals surface area contributed by atoms with Crippen LogP contribution in [0.25, 0.3) is 21.6 Å². The zero-order chi connectivity index (χ0) is 18.0. The third kappa shape index (κ3) is 2.83. The molecule has 0 bridgehead atoms. The lowest BCUT2D eigenvalue weighted by molar-refractivity contribution is -0.122. The van der Waals surface area contributed by atoms with Gasteiger partial charge in [0, 0.05) is 11.3 Å². The van der Waals surface area contributed by atoms with Crippen LogP contribution in [-0.2, 0) is 4.74 Å². The Hall–Kier alpha value is -2.92. The van der Waals surface area contributed by atoms with E-state index >= 15 is 0 Å². The van der Waals surface area contributed by atoms with Crippen LogP contribution in [0.15, 0.2) is 24.1 Å². The van der Waals surface area contributed by atoms with E-state index in [0.717, 1.165) is 0 Å². The molecular formula is C13H16N8O4. The molecule has 0 unspecified atom stereocenters. The first-order valence-electron chi connectivity index (χ1n) is 7.31. The highest BCUT2D eigenvalue weighted by atomic mass is 16.6. The molecule has 132 valence electrons. The van der Waals surface area contributed by atoms with E-state index in [1.165, 1.54) is 10.9 Å². The van der Waals surface area contributed by atoms with Crippen molar-refractivity contribution in [1.82, 2.24) is 19.5 Å². The maximum Gasteiger partial charge on any atom is 0.247 e. The number of azide groups is 1. The van der Waals surface area contributed by atoms with Crippen molar-refractivity contribution in [3.8, 4) is 5.88 Å². The summed E-state index contributed by atoms with van der Waals surface area (Å²) in [6.07, 6.45) is 1.04. The van der Waals surface area contributed by atoms with Gasteiger partial charge >= 0.3 is 0 Å². The van der Waals surface area contributed by atoms with Crippen LogP contribution in [0.1, 0.15) is 12.6 Å². The van der Waals surface area contributed by atoms with Crippen molar-refractivity contribution in [2.75, 3.05) is 18.9 Å². The maximum absolute atomic E-state index is 10.2. The van der Waals surface area contributed by atoms with Crippen LogP contribution in [-0.4, -0.2) is 54.8 Å². The summed E-state index contributed by atoms with van der Waals surface area (Å²) in [6, 6.07) is 0. The smallest absolute Gasteiger partial charge is 0.247 e. The summed E-state index contributed by atoms with van der Waals surface area (Å²) < 4.78 is 12.5. The highest BCUT2D eigenvalue weighted by molar-refractivity contribution is 5.77. The Morgan fingerprint density at radius 3 is 3.12 bits per heavy atom. The zero-order valence-corrected chi connectivity index (χ0v) is 13.1. The van der Waals surface area contributed by atoms with Crippen LogP contribution in [0.2, 0.25) is 0 Å². The second kappa shape index (κ2) is 6.53. The summed E-state index contributed by atoms with van der Waals surface area (Å²) in [7, 11) is 0. The summed E-state index contributed by atoms with van der Waals surface area (Å²) in [5.74, 6) is 0.151. The van der Waals surface area contributed by atoms with Gasteiger partial charge < -0.3 is 25.4 Å². The van der Waals surface area contributed by atoms with Gasteiger partial charge in [0.2, 0.25) is 11.8 Å². The van der Waals surface area contributed by atoms with Gasteiger partial charge in [-0.1, -0.05) is 17.8 Å². The van der Waals surface area contributed by atoms with Crippen LogP contribution in [0.3, 0.4) is 0 Å². The Balaban J connectivity index is 2.01. The molecule has 1 fully saturated rings. The van der Waals surface area contributed by atoms with Gasteiger partial charge in [0.05, 0.1) is 19.0 Å². The number of aliphatic hydroxyl groups is 2. The largest absolute Gasteiger partial charge is 0.472 e. The lowest BCUT2D eigenvalue weighted by Crippen LogP contribution is -2.40. The van der Waals surface area contributed by atoms with E-state index in [-0.39, 0.29) is 24.9 Å². The molecule has 0 saturated carbocycles. The summed E-state index contributed by atoms with van der Waals surface area (Å²) in [5.41, 5.74) is 13.3. The molecule has 2 aromatic rings. The Kier molecular flexibility index (Phi) is 4.42. The molecule has 1 aliphatic heterocycles. The van der Waals surface area contributed by atoms with Gasteiger partial charge in [-0.25, -0.2) is 4.98 Å². The second-order valence-electron chi connectivity index (χ2n) is 5.33. The minimum atomic E-state index is -1.77. The van der Waals surface area contributed by atoms with Crippen molar-refractivity contribution in [3.05, 3.63) is 29.4 Å². The minimum Gasteiger partial charge on any atom is -0.472 e. The number of hydrogen-bond donors (Lipinski definition) is 3. The van der Waals surface area contributed by atoms with Crippen LogP contribution in [0, 0.1) is 0 Å². The molecular weight excluding hydrogens is 332 g/mol. The molecule has 1 saturated heterocycles. The van der Waals surface area contributed by atoms with Crippen LogP contribution in [0.4, 0.5) is 5.95 Å². The highest BCUT2D eigenvalue weighted by Crippen LogP contribution is 2.39. The predicted molar refractivity (Wildman–Crippen MR) is 85.1 cm³/mol. The quantitative estimate of drug-likeness (QED) is 0.288.